The Morgan fingerprint density at radius 3 is 2.67 bits per heavy atom. The minimum atomic E-state index is 0.327. The molecule has 3 aromatic rings. The first kappa shape index (κ1) is 18.2. The molecule has 1 aromatic carbocycles. The lowest BCUT2D eigenvalue weighted by Crippen LogP contribution is -3.06. The predicted molar refractivity (Wildman–Crippen MR) is 111 cm³/mol. The van der Waals surface area contributed by atoms with Crippen molar-refractivity contribution in [3.63, 3.8) is 0 Å². The molecule has 1 aliphatic carbocycles. The summed E-state index contributed by atoms with van der Waals surface area (Å²) in [6.07, 6.45) is 3.59. The highest BCUT2D eigenvalue weighted by molar-refractivity contribution is 7.19. The highest BCUT2D eigenvalue weighted by Crippen LogP contribution is 2.39. The number of likely N-dealkylation sites (N-methyl/N-ethyl adjacent to an activating group) is 1. The van der Waals surface area contributed by atoms with Crippen LogP contribution in [0.5, 0.6) is 5.75 Å². The standard InChI is InChI=1S/C21H26N4OS/c1-13-23-20(19-16-6-5-7-18(16)27-21(19)24-13)22-12-17(25(2)3)14-8-10-15(26-4)11-9-14/h8-11,17H,5-7,12H2,1-4H3,(H,22,23,24)/p+1/t17-/m0/s1. The van der Waals surface area contributed by atoms with Gasteiger partial charge in [-0.15, -0.1) is 11.3 Å². The van der Waals surface area contributed by atoms with Crippen LogP contribution in [-0.2, 0) is 12.8 Å². The second-order valence-corrected chi connectivity index (χ2v) is 8.52. The smallest absolute Gasteiger partial charge is 0.139 e. The van der Waals surface area contributed by atoms with Crippen molar-refractivity contribution in [2.75, 3.05) is 33.1 Å². The molecule has 4 rings (SSSR count). The van der Waals surface area contributed by atoms with E-state index in [0.29, 0.717) is 6.04 Å². The normalized spacial score (nSPS) is 14.6. The number of hydrogen-bond acceptors (Lipinski definition) is 5. The number of quaternary nitrogens is 1. The van der Waals surface area contributed by atoms with Crippen LogP contribution in [0, 0.1) is 6.92 Å². The van der Waals surface area contributed by atoms with Crippen LogP contribution < -0.4 is 15.0 Å². The van der Waals surface area contributed by atoms with Crippen molar-refractivity contribution < 1.29 is 9.64 Å². The maximum Gasteiger partial charge on any atom is 0.139 e. The number of methoxy groups -OCH3 is 1. The van der Waals surface area contributed by atoms with Gasteiger partial charge in [0.1, 0.15) is 28.3 Å². The van der Waals surface area contributed by atoms with Gasteiger partial charge in [0.2, 0.25) is 0 Å². The van der Waals surface area contributed by atoms with Gasteiger partial charge in [-0.1, -0.05) is 0 Å². The van der Waals surface area contributed by atoms with E-state index in [9.17, 15) is 0 Å². The maximum atomic E-state index is 5.30. The second-order valence-electron chi connectivity index (χ2n) is 7.44. The minimum Gasteiger partial charge on any atom is -0.497 e. The summed E-state index contributed by atoms with van der Waals surface area (Å²) in [5, 5.41) is 4.91. The fourth-order valence-electron chi connectivity index (χ4n) is 3.92. The quantitative estimate of drug-likeness (QED) is 0.687. The van der Waals surface area contributed by atoms with Crippen molar-refractivity contribution in [1.82, 2.24) is 9.97 Å². The topological polar surface area (TPSA) is 51.5 Å². The number of thiophene rings is 1. The van der Waals surface area contributed by atoms with Crippen molar-refractivity contribution >= 4 is 27.4 Å². The zero-order valence-electron chi connectivity index (χ0n) is 16.4. The monoisotopic (exact) mass is 383 g/mol. The third kappa shape index (κ3) is 3.51. The molecule has 27 heavy (non-hydrogen) atoms. The van der Waals surface area contributed by atoms with Crippen LogP contribution in [0.1, 0.15) is 34.3 Å². The number of rotatable bonds is 6. The Kier molecular flexibility index (Phi) is 5.02. The SMILES string of the molecule is COc1ccc([C@H](CNc2nc(C)nc3sc4c(c23)CCC4)[NH+](C)C)cc1. The van der Waals surface area contributed by atoms with E-state index in [1.54, 1.807) is 7.11 Å². The molecule has 1 aliphatic rings. The van der Waals surface area contributed by atoms with Crippen LogP contribution in [0.15, 0.2) is 24.3 Å². The molecule has 1 atom stereocenters. The summed E-state index contributed by atoms with van der Waals surface area (Å²) in [7, 11) is 6.09. The van der Waals surface area contributed by atoms with Crippen LogP contribution >= 0.6 is 11.3 Å². The molecule has 142 valence electrons. The van der Waals surface area contributed by atoms with Gasteiger partial charge in [-0.25, -0.2) is 9.97 Å². The van der Waals surface area contributed by atoms with E-state index in [1.807, 2.05) is 30.4 Å². The third-order valence-corrected chi connectivity index (χ3v) is 6.55. The molecule has 0 saturated carbocycles. The summed E-state index contributed by atoms with van der Waals surface area (Å²) < 4.78 is 5.30. The van der Waals surface area contributed by atoms with E-state index in [-0.39, 0.29) is 0 Å². The molecular formula is C21H27N4OS+. The largest absolute Gasteiger partial charge is 0.497 e. The van der Waals surface area contributed by atoms with Crippen LogP contribution in [0.25, 0.3) is 10.2 Å². The molecule has 2 heterocycles. The van der Waals surface area contributed by atoms with Gasteiger partial charge in [-0.2, -0.15) is 0 Å². The average molecular weight is 384 g/mol. The molecule has 0 unspecified atom stereocenters. The Morgan fingerprint density at radius 2 is 1.96 bits per heavy atom. The van der Waals surface area contributed by atoms with Crippen molar-refractivity contribution in [3.05, 3.63) is 46.1 Å². The summed E-state index contributed by atoms with van der Waals surface area (Å²) >= 11 is 1.85. The van der Waals surface area contributed by atoms with Crippen LogP contribution in [0.4, 0.5) is 5.82 Å². The number of fused-ring (bicyclic) bond motifs is 3. The molecule has 0 aliphatic heterocycles. The van der Waals surface area contributed by atoms with Gasteiger partial charge >= 0.3 is 0 Å². The van der Waals surface area contributed by atoms with Crippen LogP contribution in [0.3, 0.4) is 0 Å². The maximum absolute atomic E-state index is 5.30. The molecule has 2 N–H and O–H groups in total. The first-order valence-electron chi connectivity index (χ1n) is 9.53. The number of ether oxygens (including phenoxy) is 1. The van der Waals surface area contributed by atoms with Crippen molar-refractivity contribution in [2.24, 2.45) is 0 Å². The second kappa shape index (κ2) is 7.44. The number of benzene rings is 1. The first-order valence-corrected chi connectivity index (χ1v) is 10.3. The highest BCUT2D eigenvalue weighted by Gasteiger charge is 2.23. The van der Waals surface area contributed by atoms with Crippen molar-refractivity contribution in [1.29, 1.82) is 0 Å². The van der Waals surface area contributed by atoms with Gasteiger partial charge in [0.05, 0.1) is 33.1 Å². The van der Waals surface area contributed by atoms with Gasteiger partial charge in [-0.05, 0) is 56.0 Å². The molecule has 0 saturated heterocycles. The molecule has 0 amide bonds. The Morgan fingerprint density at radius 1 is 1.19 bits per heavy atom. The Labute approximate surface area is 164 Å². The fourth-order valence-corrected chi connectivity index (χ4v) is 5.23. The molecule has 0 radical (unpaired) electrons. The molecule has 2 aromatic heterocycles. The molecule has 0 bridgehead atoms. The summed E-state index contributed by atoms with van der Waals surface area (Å²) in [5.74, 6) is 2.72. The summed E-state index contributed by atoms with van der Waals surface area (Å²) in [6.45, 7) is 2.80. The van der Waals surface area contributed by atoms with Gasteiger partial charge in [-0.3, -0.25) is 0 Å². The lowest BCUT2D eigenvalue weighted by atomic mass is 10.1. The Bertz CT molecular complexity index is 949. The van der Waals surface area contributed by atoms with E-state index in [2.05, 4.69) is 36.5 Å². The van der Waals surface area contributed by atoms with E-state index in [1.165, 1.54) is 39.1 Å². The number of aryl methyl sites for hydroxylation is 3. The number of hydrogen-bond donors (Lipinski definition) is 2. The summed E-state index contributed by atoms with van der Waals surface area (Å²) in [6, 6.07) is 8.70. The number of aromatic nitrogens is 2. The van der Waals surface area contributed by atoms with Crippen molar-refractivity contribution in [2.45, 2.75) is 32.2 Å². The predicted octanol–water partition coefficient (Wildman–Crippen LogP) is 2.79. The third-order valence-electron chi connectivity index (χ3n) is 5.37. The van der Waals surface area contributed by atoms with E-state index >= 15 is 0 Å². The van der Waals surface area contributed by atoms with Crippen LogP contribution in [-0.4, -0.2) is 37.7 Å². The van der Waals surface area contributed by atoms with Gasteiger partial charge in [0.15, 0.2) is 0 Å². The fraction of sp³-hybridized carbons (Fsp3) is 0.429. The lowest BCUT2D eigenvalue weighted by Gasteiger charge is -2.23. The Hall–Kier alpha value is -2.18. The van der Waals surface area contributed by atoms with E-state index in [4.69, 9.17) is 9.72 Å². The highest BCUT2D eigenvalue weighted by atomic mass is 32.1. The number of anilines is 1. The minimum absolute atomic E-state index is 0.327. The van der Waals surface area contributed by atoms with E-state index < -0.39 is 0 Å². The van der Waals surface area contributed by atoms with Gasteiger partial charge in [0.25, 0.3) is 0 Å². The molecule has 0 fully saturated rings. The zero-order chi connectivity index (χ0) is 19.0. The number of nitrogens with zero attached hydrogens (tertiary/aromatic N) is 2. The molecule has 6 heteroatoms. The van der Waals surface area contributed by atoms with Gasteiger partial charge < -0.3 is 15.0 Å². The van der Waals surface area contributed by atoms with Crippen molar-refractivity contribution in [3.8, 4) is 5.75 Å². The molecular weight excluding hydrogens is 356 g/mol. The summed E-state index contributed by atoms with van der Waals surface area (Å²) in [4.78, 5) is 13.5. The van der Waals surface area contributed by atoms with Crippen LogP contribution in [0.2, 0.25) is 0 Å². The molecule has 0 spiro atoms. The first-order chi connectivity index (χ1) is 13.1. The number of nitrogens with one attached hydrogen (secondary N) is 2. The lowest BCUT2D eigenvalue weighted by molar-refractivity contribution is -0.890. The molecule has 5 nitrogen and oxygen atoms in total. The average Bonchev–Trinajstić information content (AvgIpc) is 3.22. The summed E-state index contributed by atoms with van der Waals surface area (Å²) in [5.41, 5.74) is 2.76. The van der Waals surface area contributed by atoms with Gasteiger partial charge in [0, 0.05) is 10.4 Å². The zero-order valence-corrected chi connectivity index (χ0v) is 17.2. The Balaban J connectivity index is 1.62. The van der Waals surface area contributed by atoms with E-state index in [0.717, 1.165) is 35.2 Å².